The summed E-state index contributed by atoms with van der Waals surface area (Å²) in [6.07, 6.45) is 0. The number of hydrogen-bond donors (Lipinski definition) is 1. The van der Waals surface area contributed by atoms with Gasteiger partial charge in [0.25, 0.3) is 0 Å². The number of aromatic amines is 1. The molecule has 0 amide bonds. The van der Waals surface area contributed by atoms with Gasteiger partial charge in [0, 0.05) is 37.8 Å². The summed E-state index contributed by atoms with van der Waals surface area (Å²) in [5.41, 5.74) is 7.89. The molecule has 0 aliphatic rings. The molecule has 0 fully saturated rings. The van der Waals surface area contributed by atoms with Gasteiger partial charge in [-0.25, -0.2) is 9.97 Å². The van der Waals surface area contributed by atoms with E-state index in [9.17, 15) is 0 Å². The Labute approximate surface area is 241 Å². The first-order chi connectivity index (χ1) is 19.9. The molecule has 0 radical (unpaired) electrons. The smallest absolute Gasteiger partial charge is 0.161 e. The molecule has 4 nitrogen and oxygen atoms in total. The highest BCUT2D eigenvalue weighted by Gasteiger charge is 2.26. The lowest BCUT2D eigenvalue weighted by Gasteiger charge is -2.21. The number of hydrogen-bond acceptors (Lipinski definition) is 3. The van der Waals surface area contributed by atoms with Gasteiger partial charge in [-0.1, -0.05) is 124 Å². The zero-order chi connectivity index (χ0) is 28.1. The predicted octanol–water partition coefficient (Wildman–Crippen LogP) is 10.2. The average molecular weight is 551 g/mol. The van der Waals surface area contributed by atoms with E-state index in [1.54, 1.807) is 0 Å². The van der Waals surface area contributed by atoms with Gasteiger partial charge < -0.3 is 0 Å². The Bertz CT molecular complexity index is 2030. The van der Waals surface area contributed by atoms with Gasteiger partial charge >= 0.3 is 0 Å². The van der Waals surface area contributed by atoms with E-state index in [-0.39, 0.29) is 5.16 Å². The van der Waals surface area contributed by atoms with Crippen molar-refractivity contribution < 1.29 is 0 Å². The normalized spacial score (nSPS) is 12.3. The summed E-state index contributed by atoms with van der Waals surface area (Å²) in [5.74, 6) is 0.738. The van der Waals surface area contributed by atoms with Gasteiger partial charge in [0.15, 0.2) is 5.82 Å². The highest BCUT2D eigenvalue weighted by atomic mass is 31.1. The van der Waals surface area contributed by atoms with Gasteiger partial charge in [-0.15, -0.1) is 7.53 Å². The van der Waals surface area contributed by atoms with Crippen LogP contribution in [0.5, 0.6) is 0 Å². The summed E-state index contributed by atoms with van der Waals surface area (Å²) in [4.78, 5) is 10.5. The van der Waals surface area contributed by atoms with E-state index in [0.29, 0.717) is 0 Å². The molecule has 1 N–H and O–H groups in total. The molecule has 200 valence electrons. The number of rotatable bonds is 4. The van der Waals surface area contributed by atoms with Crippen LogP contribution < -0.4 is 0 Å². The zero-order valence-electron chi connectivity index (χ0n) is 23.7. The third-order valence-corrected chi connectivity index (χ3v) is 10.8. The number of H-pyrrole nitrogens is 1. The Hall–Kier alpha value is -4.53. The Morgan fingerprint density at radius 1 is 0.659 bits per heavy atom. The Balaban J connectivity index is 1.55. The fourth-order valence-corrected chi connectivity index (χ4v) is 9.07. The summed E-state index contributed by atoms with van der Waals surface area (Å²) in [7, 11) is -0.630. The van der Waals surface area contributed by atoms with E-state index in [4.69, 9.17) is 15.1 Å². The van der Waals surface area contributed by atoms with Crippen LogP contribution in [0.3, 0.4) is 0 Å². The van der Waals surface area contributed by atoms with Gasteiger partial charge in [-0.05, 0) is 29.3 Å². The molecule has 0 spiro atoms. The SMILES string of the molecule is Cc1[nH]nc(-c2cc(-c3ccccc3)nc(-c3cccc4c5ccccc5p(C(C)(C)C)c34)n2)c1-c1ccccc1. The third-order valence-electron chi connectivity index (χ3n) is 7.65. The Morgan fingerprint density at radius 3 is 2.02 bits per heavy atom. The number of aromatic nitrogens is 4. The molecule has 1 atom stereocenters. The molecular weight excluding hydrogens is 519 g/mol. The molecule has 7 aromatic rings. The van der Waals surface area contributed by atoms with Gasteiger partial charge in [0.2, 0.25) is 0 Å². The maximum atomic E-state index is 5.27. The highest BCUT2D eigenvalue weighted by Crippen LogP contribution is 2.60. The van der Waals surface area contributed by atoms with Crippen molar-refractivity contribution in [3.63, 3.8) is 0 Å². The van der Waals surface area contributed by atoms with Crippen LogP contribution in [0.1, 0.15) is 26.5 Å². The minimum atomic E-state index is -0.630. The molecule has 4 aromatic carbocycles. The van der Waals surface area contributed by atoms with E-state index in [0.717, 1.165) is 50.9 Å². The number of nitrogens with one attached hydrogen (secondary N) is 1. The molecule has 41 heavy (non-hydrogen) atoms. The number of benzene rings is 4. The lowest BCUT2D eigenvalue weighted by atomic mass is 10.0. The quantitative estimate of drug-likeness (QED) is 0.237. The van der Waals surface area contributed by atoms with Crippen molar-refractivity contribution in [2.24, 2.45) is 0 Å². The molecule has 0 saturated heterocycles. The van der Waals surface area contributed by atoms with Crippen LogP contribution in [0.15, 0.2) is 109 Å². The van der Waals surface area contributed by atoms with Crippen LogP contribution in [0.2, 0.25) is 0 Å². The van der Waals surface area contributed by atoms with Crippen molar-refractivity contribution in [1.29, 1.82) is 0 Å². The van der Waals surface area contributed by atoms with Crippen LogP contribution in [-0.2, 0) is 5.16 Å². The third kappa shape index (κ3) is 4.36. The van der Waals surface area contributed by atoms with Crippen LogP contribution in [0, 0.1) is 6.92 Å². The minimum absolute atomic E-state index is 0.0758. The first kappa shape index (κ1) is 25.4. The van der Waals surface area contributed by atoms with Gasteiger partial charge in [0.1, 0.15) is 5.69 Å². The standard InChI is InChI=1S/C36H31N4P/c1-23-32(25-16-9-6-10-17-25)33(40-39-23)30-22-29(24-14-7-5-8-15-24)37-35(38-30)28-20-13-19-27-26-18-11-12-21-31(26)41(34(27)28)36(2,3)4/h5-22H,1-4H3,(H,39,40). The maximum absolute atomic E-state index is 5.27. The largest absolute Gasteiger partial charge is 0.282 e. The highest BCUT2D eigenvalue weighted by molar-refractivity contribution is 7.62. The Morgan fingerprint density at radius 2 is 1.29 bits per heavy atom. The molecule has 0 bridgehead atoms. The van der Waals surface area contributed by atoms with Crippen LogP contribution >= 0.6 is 7.53 Å². The molecule has 0 aliphatic carbocycles. The molecule has 7 rings (SSSR count). The molecular formula is C36H31N4P. The van der Waals surface area contributed by atoms with E-state index in [1.807, 2.05) is 12.1 Å². The number of aryl methyl sites for hydroxylation is 1. The summed E-state index contributed by atoms with van der Waals surface area (Å²) in [5, 5.41) is 13.5. The topological polar surface area (TPSA) is 54.5 Å². The van der Waals surface area contributed by atoms with E-state index in [2.05, 4.69) is 130 Å². The van der Waals surface area contributed by atoms with Gasteiger partial charge in [0.05, 0.1) is 11.4 Å². The van der Waals surface area contributed by atoms with E-state index >= 15 is 0 Å². The van der Waals surface area contributed by atoms with Gasteiger partial charge in [-0.3, -0.25) is 5.10 Å². The first-order valence-electron chi connectivity index (χ1n) is 14.0. The average Bonchev–Trinajstić information content (AvgIpc) is 3.56. The van der Waals surface area contributed by atoms with Crippen molar-refractivity contribution >= 4 is 28.5 Å². The molecule has 1 unspecified atom stereocenters. The van der Waals surface area contributed by atoms with Gasteiger partial charge in [-0.2, -0.15) is 5.10 Å². The van der Waals surface area contributed by atoms with Crippen molar-refractivity contribution in [2.45, 2.75) is 32.9 Å². The fraction of sp³-hybridized carbons (Fsp3) is 0.139. The fourth-order valence-electron chi connectivity index (χ4n) is 5.91. The number of nitrogens with zero attached hydrogens (tertiary/aromatic N) is 3. The van der Waals surface area contributed by atoms with Crippen LogP contribution in [0.4, 0.5) is 0 Å². The molecule has 0 aliphatic heterocycles. The van der Waals surface area contributed by atoms with E-state index < -0.39 is 7.53 Å². The molecule has 0 saturated carbocycles. The van der Waals surface area contributed by atoms with Crippen LogP contribution in [0.25, 0.3) is 66.2 Å². The van der Waals surface area contributed by atoms with Crippen LogP contribution in [-0.4, -0.2) is 20.2 Å². The minimum Gasteiger partial charge on any atom is -0.282 e. The summed E-state index contributed by atoms with van der Waals surface area (Å²) in [6.45, 7) is 9.13. The second-order valence-electron chi connectivity index (χ2n) is 11.5. The second kappa shape index (κ2) is 9.83. The maximum Gasteiger partial charge on any atom is 0.161 e. The summed E-state index contributed by atoms with van der Waals surface area (Å²) >= 11 is 0. The van der Waals surface area contributed by atoms with Crippen molar-refractivity contribution in [3.05, 3.63) is 115 Å². The molecule has 3 aromatic heterocycles. The number of fused-ring (bicyclic) bond motifs is 3. The lowest BCUT2D eigenvalue weighted by molar-refractivity contribution is 0.721. The first-order valence-corrected chi connectivity index (χ1v) is 15.3. The predicted molar refractivity (Wildman–Crippen MR) is 173 cm³/mol. The monoisotopic (exact) mass is 550 g/mol. The Kier molecular flexibility index (Phi) is 6.10. The van der Waals surface area contributed by atoms with E-state index in [1.165, 1.54) is 21.0 Å². The second-order valence-corrected chi connectivity index (χ2v) is 14.4. The summed E-state index contributed by atoms with van der Waals surface area (Å²) in [6, 6.07) is 38.3. The van der Waals surface area contributed by atoms with Crippen molar-refractivity contribution in [3.8, 4) is 45.2 Å². The zero-order valence-corrected chi connectivity index (χ0v) is 24.6. The van der Waals surface area contributed by atoms with Crippen molar-refractivity contribution in [2.75, 3.05) is 0 Å². The molecule has 3 heterocycles. The summed E-state index contributed by atoms with van der Waals surface area (Å²) < 4.78 is 0. The lowest BCUT2D eigenvalue weighted by Crippen LogP contribution is -2.01. The molecule has 5 heteroatoms. The van der Waals surface area contributed by atoms with Crippen molar-refractivity contribution in [1.82, 2.24) is 20.2 Å².